The van der Waals surface area contributed by atoms with Crippen LogP contribution >= 0.6 is 0 Å². The number of carbonyl (C=O) groups is 2. The first-order valence-electron chi connectivity index (χ1n) is 8.70. The number of allylic oxidation sites excluding steroid dienone is 1. The summed E-state index contributed by atoms with van der Waals surface area (Å²) in [7, 11) is 0. The molecule has 0 atom stereocenters. The zero-order valence-electron chi connectivity index (χ0n) is 14.4. The lowest BCUT2D eigenvalue weighted by molar-refractivity contribution is -0.256. The summed E-state index contributed by atoms with van der Waals surface area (Å²) in [5, 5.41) is 23.3. The average Bonchev–Trinajstić information content (AvgIpc) is 2.66. The van der Waals surface area contributed by atoms with Crippen LogP contribution in [0.4, 0.5) is 0 Å². The molecule has 0 amide bonds. The third-order valence-corrected chi connectivity index (χ3v) is 4.86. The number of carboxylic acid groups (broad SMARTS) is 2. The van der Waals surface area contributed by atoms with Gasteiger partial charge in [-0.3, -0.25) is 0 Å². The second kappa shape index (κ2) is 6.68. The molecule has 1 aliphatic carbocycles. The van der Waals surface area contributed by atoms with Gasteiger partial charge in [-0.1, -0.05) is 42.5 Å². The molecule has 27 heavy (non-hydrogen) atoms. The van der Waals surface area contributed by atoms with E-state index >= 15 is 0 Å². The van der Waals surface area contributed by atoms with Gasteiger partial charge >= 0.3 is 0 Å². The summed E-state index contributed by atoms with van der Waals surface area (Å²) in [5.41, 5.74) is 4.10. The SMILES string of the molecule is O=C([O-])c1ccc(/C=C2\CCCc3c2nc2ccccc2c3C(=O)[O-])cc1. The number of para-hydroxylation sites is 1. The highest BCUT2D eigenvalue weighted by molar-refractivity contribution is 6.05. The molecule has 0 spiro atoms. The Morgan fingerprint density at radius 1 is 0.926 bits per heavy atom. The molecular weight excluding hydrogens is 342 g/mol. The van der Waals surface area contributed by atoms with Gasteiger partial charge in [0.25, 0.3) is 0 Å². The van der Waals surface area contributed by atoms with Crippen molar-refractivity contribution in [2.45, 2.75) is 19.3 Å². The van der Waals surface area contributed by atoms with E-state index in [-0.39, 0.29) is 11.1 Å². The van der Waals surface area contributed by atoms with Crippen LogP contribution in [-0.2, 0) is 6.42 Å². The van der Waals surface area contributed by atoms with Crippen LogP contribution in [0.15, 0.2) is 48.5 Å². The number of rotatable bonds is 3. The van der Waals surface area contributed by atoms with E-state index in [0.29, 0.717) is 28.6 Å². The molecule has 0 saturated carbocycles. The average molecular weight is 357 g/mol. The van der Waals surface area contributed by atoms with Crippen LogP contribution in [0.1, 0.15) is 50.4 Å². The van der Waals surface area contributed by atoms with Gasteiger partial charge in [-0.25, -0.2) is 4.98 Å². The molecule has 0 N–H and O–H groups in total. The van der Waals surface area contributed by atoms with E-state index in [1.54, 1.807) is 30.3 Å². The van der Waals surface area contributed by atoms with Gasteiger partial charge in [0.2, 0.25) is 0 Å². The molecule has 5 nitrogen and oxygen atoms in total. The summed E-state index contributed by atoms with van der Waals surface area (Å²) in [6.07, 6.45) is 4.15. The first-order chi connectivity index (χ1) is 13.0. The first kappa shape index (κ1) is 17.0. The molecule has 2 aromatic carbocycles. The van der Waals surface area contributed by atoms with Gasteiger partial charge in [-0.2, -0.15) is 0 Å². The summed E-state index contributed by atoms with van der Waals surface area (Å²) < 4.78 is 0. The molecule has 1 heterocycles. The van der Waals surface area contributed by atoms with Crippen LogP contribution in [0.25, 0.3) is 22.6 Å². The Balaban J connectivity index is 1.88. The number of carboxylic acids is 2. The zero-order chi connectivity index (χ0) is 19.0. The number of hydrogen-bond acceptors (Lipinski definition) is 5. The lowest BCUT2D eigenvalue weighted by atomic mass is 9.86. The van der Waals surface area contributed by atoms with E-state index in [1.807, 2.05) is 12.1 Å². The van der Waals surface area contributed by atoms with Crippen molar-refractivity contribution >= 4 is 34.5 Å². The largest absolute Gasteiger partial charge is 0.545 e. The summed E-state index contributed by atoms with van der Waals surface area (Å²) in [6, 6.07) is 13.6. The molecule has 1 aromatic heterocycles. The summed E-state index contributed by atoms with van der Waals surface area (Å²) in [6.45, 7) is 0. The Bertz CT molecular complexity index is 1100. The van der Waals surface area contributed by atoms with Crippen molar-refractivity contribution in [1.82, 2.24) is 4.98 Å². The van der Waals surface area contributed by atoms with Crippen molar-refractivity contribution in [3.63, 3.8) is 0 Å². The Hall–Kier alpha value is -3.47. The van der Waals surface area contributed by atoms with Crippen molar-refractivity contribution < 1.29 is 19.8 Å². The quantitative estimate of drug-likeness (QED) is 0.713. The molecular formula is C22H15NO4-2. The smallest absolute Gasteiger partial charge is 0.0725 e. The fraction of sp³-hybridized carbons (Fsp3) is 0.136. The molecule has 5 heteroatoms. The fourth-order valence-electron chi connectivity index (χ4n) is 3.62. The van der Waals surface area contributed by atoms with Gasteiger partial charge in [0.05, 0.1) is 23.1 Å². The molecule has 134 valence electrons. The fourth-order valence-corrected chi connectivity index (χ4v) is 3.62. The minimum absolute atomic E-state index is 0.115. The van der Waals surface area contributed by atoms with Crippen LogP contribution in [-0.4, -0.2) is 16.9 Å². The number of benzene rings is 2. The van der Waals surface area contributed by atoms with Crippen molar-refractivity contribution in [3.05, 3.63) is 76.5 Å². The van der Waals surface area contributed by atoms with Crippen LogP contribution in [0, 0.1) is 0 Å². The van der Waals surface area contributed by atoms with Gasteiger partial charge in [0, 0.05) is 10.9 Å². The Labute approximate surface area is 155 Å². The molecule has 4 rings (SSSR count). The number of pyridine rings is 1. The lowest BCUT2D eigenvalue weighted by Gasteiger charge is -2.23. The highest BCUT2D eigenvalue weighted by Gasteiger charge is 2.21. The zero-order valence-corrected chi connectivity index (χ0v) is 14.4. The number of aromatic carboxylic acids is 2. The lowest BCUT2D eigenvalue weighted by Crippen LogP contribution is -2.26. The van der Waals surface area contributed by atoms with E-state index in [4.69, 9.17) is 4.98 Å². The van der Waals surface area contributed by atoms with Crippen LogP contribution in [0.2, 0.25) is 0 Å². The monoisotopic (exact) mass is 357 g/mol. The second-order valence-electron chi connectivity index (χ2n) is 6.55. The number of fused-ring (bicyclic) bond motifs is 2. The molecule has 0 radical (unpaired) electrons. The van der Waals surface area contributed by atoms with Gasteiger partial charge in [-0.05, 0) is 53.7 Å². The van der Waals surface area contributed by atoms with Crippen molar-refractivity contribution in [2.75, 3.05) is 0 Å². The van der Waals surface area contributed by atoms with Crippen molar-refractivity contribution in [1.29, 1.82) is 0 Å². The van der Waals surface area contributed by atoms with Crippen molar-refractivity contribution in [3.8, 4) is 0 Å². The second-order valence-corrected chi connectivity index (χ2v) is 6.55. The standard InChI is InChI=1S/C22H17NO4/c24-21(25)14-10-8-13(9-11-14)12-15-4-3-6-17-19(22(26)27)16-5-1-2-7-18(16)23-20(15)17/h1-2,5,7-12H,3-4,6H2,(H,24,25)(H,26,27)/p-2/b15-12+. The van der Waals surface area contributed by atoms with Crippen molar-refractivity contribution in [2.24, 2.45) is 0 Å². The molecule has 0 fully saturated rings. The molecule has 0 bridgehead atoms. The Morgan fingerprint density at radius 2 is 1.67 bits per heavy atom. The number of aromatic nitrogens is 1. The molecule has 0 aliphatic heterocycles. The molecule has 0 unspecified atom stereocenters. The van der Waals surface area contributed by atoms with Gasteiger partial charge < -0.3 is 19.8 Å². The summed E-state index contributed by atoms with van der Waals surface area (Å²) in [5.74, 6) is -2.41. The Kier molecular flexibility index (Phi) is 4.20. The van der Waals surface area contributed by atoms with E-state index in [9.17, 15) is 19.8 Å². The maximum Gasteiger partial charge on any atom is 0.0725 e. The maximum absolute atomic E-state index is 11.8. The van der Waals surface area contributed by atoms with Crippen LogP contribution in [0.3, 0.4) is 0 Å². The highest BCUT2D eigenvalue weighted by atomic mass is 16.4. The minimum Gasteiger partial charge on any atom is -0.545 e. The number of nitrogens with zero attached hydrogens (tertiary/aromatic N) is 1. The normalized spacial score (nSPS) is 14.9. The molecule has 3 aromatic rings. The van der Waals surface area contributed by atoms with E-state index in [1.165, 1.54) is 12.1 Å². The number of carbonyl (C=O) groups excluding carboxylic acids is 2. The Morgan fingerprint density at radius 3 is 2.37 bits per heavy atom. The third-order valence-electron chi connectivity index (χ3n) is 4.86. The van der Waals surface area contributed by atoms with Gasteiger partial charge in [0.15, 0.2) is 0 Å². The van der Waals surface area contributed by atoms with E-state index in [2.05, 4.69) is 0 Å². The van der Waals surface area contributed by atoms with Crippen LogP contribution in [0.5, 0.6) is 0 Å². The first-order valence-corrected chi connectivity index (χ1v) is 8.70. The topological polar surface area (TPSA) is 93.2 Å². The third kappa shape index (κ3) is 3.08. The predicted octanol–water partition coefficient (Wildman–Crippen LogP) is 1.84. The maximum atomic E-state index is 11.8. The van der Waals surface area contributed by atoms with Crippen LogP contribution < -0.4 is 10.2 Å². The molecule has 0 saturated heterocycles. The summed E-state index contributed by atoms with van der Waals surface area (Å²) >= 11 is 0. The van der Waals surface area contributed by atoms with E-state index < -0.39 is 11.9 Å². The van der Waals surface area contributed by atoms with E-state index in [0.717, 1.165) is 24.0 Å². The van der Waals surface area contributed by atoms with Gasteiger partial charge in [-0.15, -0.1) is 0 Å². The van der Waals surface area contributed by atoms with Gasteiger partial charge in [0.1, 0.15) is 0 Å². The molecule has 1 aliphatic rings. The minimum atomic E-state index is -1.22. The summed E-state index contributed by atoms with van der Waals surface area (Å²) in [4.78, 5) is 27.4. The highest BCUT2D eigenvalue weighted by Crippen LogP contribution is 2.35. The number of hydrogen-bond donors (Lipinski definition) is 0. The predicted molar refractivity (Wildman–Crippen MR) is 97.7 cm³/mol.